The maximum Gasteiger partial charge on any atom is 0.244 e. The minimum absolute atomic E-state index is 0.0656. The summed E-state index contributed by atoms with van der Waals surface area (Å²) in [4.78, 5) is 26.3. The lowest BCUT2D eigenvalue weighted by atomic mass is 9.80. The van der Waals surface area contributed by atoms with Gasteiger partial charge in [0.1, 0.15) is 70.9 Å². The highest BCUT2D eigenvalue weighted by molar-refractivity contribution is 5.92. The van der Waals surface area contributed by atoms with Crippen LogP contribution in [0.2, 0.25) is 0 Å². The normalized spacial score (nSPS) is 28.1. The second-order valence-electron chi connectivity index (χ2n) is 13.7. The fraction of sp³-hybridized carbons (Fsp3) is 0.368. The number of amides is 1. The number of aliphatic hydroxyl groups is 6. The molecule has 300 valence electrons. The van der Waals surface area contributed by atoms with Crippen LogP contribution in [0.25, 0.3) is 28.4 Å². The van der Waals surface area contributed by atoms with E-state index < -0.39 is 109 Å². The molecule has 1 aromatic heterocycles. The third-order valence-electron chi connectivity index (χ3n) is 9.81. The van der Waals surface area contributed by atoms with Crippen molar-refractivity contribution in [3.63, 3.8) is 0 Å². The third-order valence-corrected chi connectivity index (χ3v) is 9.81. The van der Waals surface area contributed by atoms with Crippen LogP contribution in [0.3, 0.4) is 0 Å². The van der Waals surface area contributed by atoms with E-state index in [0.29, 0.717) is 11.1 Å². The van der Waals surface area contributed by atoms with Crippen LogP contribution in [0, 0.1) is 12.8 Å². The van der Waals surface area contributed by atoms with Gasteiger partial charge in [-0.25, -0.2) is 0 Å². The van der Waals surface area contributed by atoms with Crippen LogP contribution in [-0.4, -0.2) is 130 Å². The molecule has 1 aliphatic carbocycles. The Balaban J connectivity index is 1.20. The minimum Gasteiger partial charge on any atom is -0.508 e. The number of aromatic hydroxyl groups is 5. The summed E-state index contributed by atoms with van der Waals surface area (Å²) in [6, 6.07) is 10.1. The molecule has 1 saturated carbocycles. The number of hydrogen-bond donors (Lipinski definition) is 12. The van der Waals surface area contributed by atoms with E-state index in [1.165, 1.54) is 42.5 Å². The van der Waals surface area contributed by atoms with Gasteiger partial charge in [-0.1, -0.05) is 6.07 Å². The summed E-state index contributed by atoms with van der Waals surface area (Å²) in [5, 5.41) is 117. The van der Waals surface area contributed by atoms with Gasteiger partial charge in [-0.15, -0.1) is 0 Å². The molecule has 0 bridgehead atoms. The van der Waals surface area contributed by atoms with Gasteiger partial charge in [-0.3, -0.25) is 9.59 Å². The lowest BCUT2D eigenvalue weighted by Crippen LogP contribution is -2.64. The molecule has 0 unspecified atom stereocenters. The Kier molecular flexibility index (Phi) is 11.7. The van der Waals surface area contributed by atoms with Crippen LogP contribution >= 0.6 is 0 Å². The van der Waals surface area contributed by atoms with Crippen molar-refractivity contribution < 1.29 is 79.6 Å². The van der Waals surface area contributed by atoms with Crippen LogP contribution in [-0.2, 0) is 14.3 Å². The number of aliphatic hydroxyl groups excluding tert-OH is 6. The second-order valence-corrected chi connectivity index (χ2v) is 13.7. The summed E-state index contributed by atoms with van der Waals surface area (Å²) in [6.07, 6.45) is -13.1. The number of phenolic OH excluding ortho intramolecular Hbond substituents is 5. The van der Waals surface area contributed by atoms with Gasteiger partial charge in [0, 0.05) is 42.8 Å². The number of aryl methyl sites for hydroxylation is 1. The van der Waals surface area contributed by atoms with Gasteiger partial charge in [0.15, 0.2) is 23.5 Å². The van der Waals surface area contributed by atoms with Crippen LogP contribution in [0.5, 0.6) is 34.5 Å². The van der Waals surface area contributed by atoms with Crippen LogP contribution < -0.4 is 15.5 Å². The monoisotopic (exact) mass is 783 g/mol. The molecule has 3 aromatic carbocycles. The molecule has 2 heterocycles. The van der Waals surface area contributed by atoms with E-state index in [-0.39, 0.29) is 40.2 Å². The fourth-order valence-electron chi connectivity index (χ4n) is 6.69. The number of nitrogens with one attached hydrogen (secondary N) is 1. The highest BCUT2D eigenvalue weighted by Crippen LogP contribution is 2.40. The fourth-order valence-corrected chi connectivity index (χ4v) is 6.69. The second kappa shape index (κ2) is 16.3. The molecular formula is C38H41NO17. The van der Waals surface area contributed by atoms with Crippen LogP contribution in [0.4, 0.5) is 0 Å². The smallest absolute Gasteiger partial charge is 0.244 e. The maximum atomic E-state index is 13.9. The van der Waals surface area contributed by atoms with Crippen molar-refractivity contribution in [1.82, 2.24) is 5.32 Å². The predicted molar refractivity (Wildman–Crippen MR) is 193 cm³/mol. The van der Waals surface area contributed by atoms with E-state index in [0.717, 1.165) is 18.2 Å². The lowest BCUT2D eigenvalue weighted by Gasteiger charge is -2.46. The number of rotatable bonds is 10. The van der Waals surface area contributed by atoms with Gasteiger partial charge in [0.05, 0.1) is 6.10 Å². The summed E-state index contributed by atoms with van der Waals surface area (Å²) in [6.45, 7) is 0.486. The summed E-state index contributed by atoms with van der Waals surface area (Å²) in [7, 11) is 0. The zero-order valence-corrected chi connectivity index (χ0v) is 29.5. The molecule has 10 atom stereocenters. The van der Waals surface area contributed by atoms with Gasteiger partial charge in [0.25, 0.3) is 0 Å². The summed E-state index contributed by atoms with van der Waals surface area (Å²) < 4.78 is 23.5. The molecule has 18 nitrogen and oxygen atoms in total. The number of carbonyl (C=O) groups is 1. The van der Waals surface area contributed by atoms with Crippen molar-refractivity contribution >= 4 is 23.0 Å². The van der Waals surface area contributed by atoms with Crippen LogP contribution in [0.1, 0.15) is 17.5 Å². The highest BCUT2D eigenvalue weighted by Gasteiger charge is 2.50. The Hall–Kier alpha value is -5.44. The molecule has 0 spiro atoms. The molecule has 2 fully saturated rings. The Morgan fingerprint density at radius 1 is 0.857 bits per heavy atom. The first-order chi connectivity index (χ1) is 26.6. The number of fused-ring (bicyclic) bond motifs is 1. The predicted octanol–water partition coefficient (Wildman–Crippen LogP) is -0.200. The Bertz CT molecular complexity index is 2170. The average molecular weight is 784 g/mol. The molecule has 1 amide bonds. The van der Waals surface area contributed by atoms with Crippen molar-refractivity contribution in [3.8, 4) is 45.8 Å². The van der Waals surface area contributed by atoms with Gasteiger partial charge in [-0.05, 0) is 60.9 Å². The average Bonchev–Trinajstić information content (AvgIpc) is 3.16. The minimum atomic E-state index is -1.90. The Labute approximate surface area is 316 Å². The molecule has 12 N–H and O–H groups in total. The molecule has 4 aromatic rings. The summed E-state index contributed by atoms with van der Waals surface area (Å²) in [5.74, 6) is -4.34. The van der Waals surface area contributed by atoms with Gasteiger partial charge < -0.3 is 80.1 Å². The van der Waals surface area contributed by atoms with Gasteiger partial charge >= 0.3 is 0 Å². The van der Waals surface area contributed by atoms with Crippen molar-refractivity contribution in [2.24, 2.45) is 5.92 Å². The first kappa shape index (κ1) is 40.2. The van der Waals surface area contributed by atoms with E-state index >= 15 is 0 Å². The zero-order valence-electron chi connectivity index (χ0n) is 29.5. The summed E-state index contributed by atoms with van der Waals surface area (Å²) in [5.41, 5.74) is -0.127. The topological polar surface area (TPSA) is 310 Å². The molecule has 6 rings (SSSR count). The van der Waals surface area contributed by atoms with Crippen molar-refractivity contribution in [3.05, 3.63) is 76.0 Å². The van der Waals surface area contributed by atoms with E-state index in [4.69, 9.17) is 18.6 Å². The molecule has 2 aliphatic rings. The number of hydrogen-bond acceptors (Lipinski definition) is 17. The molecule has 1 aliphatic heterocycles. The number of ether oxygens (including phenoxy) is 3. The number of phenols is 5. The number of benzene rings is 3. The van der Waals surface area contributed by atoms with Crippen LogP contribution in [0.15, 0.2) is 63.8 Å². The molecule has 0 radical (unpaired) electrons. The SMILES string of the molecule is Cc1cc(-c2oc3cc(O)cc(O)c3c(=O)c2O[C@@H]2C[C@H](CO)[C@@H](O[C@@H]3O[C@H](CNC(=O)/C=C/c4ccc(O)c(O)c4)[C@@H](O)[C@H](O)[C@H]3O)[C@H](O)[C@H]2O)ccc1O. The van der Waals surface area contributed by atoms with Crippen molar-refractivity contribution in [2.45, 2.75) is 68.5 Å². The van der Waals surface area contributed by atoms with E-state index in [2.05, 4.69) is 5.32 Å². The van der Waals surface area contributed by atoms with E-state index in [1.807, 2.05) is 0 Å². The highest BCUT2D eigenvalue weighted by atomic mass is 16.7. The van der Waals surface area contributed by atoms with Crippen molar-refractivity contribution in [2.75, 3.05) is 13.2 Å². The Morgan fingerprint density at radius 2 is 1.59 bits per heavy atom. The van der Waals surface area contributed by atoms with Crippen molar-refractivity contribution in [1.29, 1.82) is 0 Å². The Morgan fingerprint density at radius 3 is 2.29 bits per heavy atom. The quantitative estimate of drug-likeness (QED) is 0.0732. The van der Waals surface area contributed by atoms with E-state index in [9.17, 15) is 65.8 Å². The standard InChI is InChI=1S/C38H41NO17/c1-15-8-17(4-6-20(15)42)36-37(31(49)28-23(45)11-19(41)12-24(28)53-36)54-25-10-18(14-40)35(33(51)29(25)47)56-38-34(52)32(50)30(48)26(55-38)13-39-27(46)7-3-16-2-5-21(43)22(44)9-16/h2-9,11-12,18,25-26,29-30,32-35,38,40-45,47-48,50-52H,10,13-14H2,1H3,(H,39,46)/b7-3+/t18-,25-,26-,29+,30-,32+,33-,34-,35-,38+/m1/s1. The third kappa shape index (κ3) is 8.08. The first-order valence-electron chi connectivity index (χ1n) is 17.4. The molecule has 1 saturated heterocycles. The maximum absolute atomic E-state index is 13.9. The lowest BCUT2D eigenvalue weighted by molar-refractivity contribution is -0.325. The number of carbonyl (C=O) groups excluding carboxylic acids is 1. The zero-order chi connectivity index (χ0) is 40.6. The van der Waals surface area contributed by atoms with E-state index in [1.54, 1.807) is 6.92 Å². The molecule has 18 heteroatoms. The molecule has 56 heavy (non-hydrogen) atoms. The summed E-state index contributed by atoms with van der Waals surface area (Å²) >= 11 is 0. The largest absolute Gasteiger partial charge is 0.508 e. The first-order valence-corrected chi connectivity index (χ1v) is 17.4. The van der Waals surface area contributed by atoms with Gasteiger partial charge in [0.2, 0.25) is 17.1 Å². The molecular weight excluding hydrogens is 742 g/mol. The van der Waals surface area contributed by atoms with Gasteiger partial charge in [-0.2, -0.15) is 0 Å².